The predicted molar refractivity (Wildman–Crippen MR) is 82.3 cm³/mol. The molecule has 0 spiro atoms. The Bertz CT molecular complexity index is 897. The van der Waals surface area contributed by atoms with Crippen LogP contribution in [0.3, 0.4) is 0 Å². The summed E-state index contributed by atoms with van der Waals surface area (Å²) >= 11 is 0. The van der Waals surface area contributed by atoms with Crippen molar-refractivity contribution in [3.63, 3.8) is 0 Å². The van der Waals surface area contributed by atoms with Gasteiger partial charge in [0.25, 0.3) is 5.69 Å². The van der Waals surface area contributed by atoms with Crippen LogP contribution in [0.5, 0.6) is 5.88 Å². The molecule has 0 fully saturated rings. The van der Waals surface area contributed by atoms with Gasteiger partial charge in [-0.2, -0.15) is 4.98 Å². The lowest BCUT2D eigenvalue weighted by Gasteiger charge is -2.06. The molecule has 114 valence electrons. The highest BCUT2D eigenvalue weighted by Gasteiger charge is 2.10. The average molecular weight is 310 g/mol. The van der Waals surface area contributed by atoms with E-state index < -0.39 is 11.0 Å². The van der Waals surface area contributed by atoms with Crippen LogP contribution in [0.25, 0.3) is 11.0 Å². The Morgan fingerprint density at radius 3 is 2.87 bits per heavy atom. The Kier molecular flexibility index (Phi) is 3.79. The quantitative estimate of drug-likeness (QED) is 0.588. The second-order valence-corrected chi connectivity index (χ2v) is 4.52. The lowest BCUT2D eigenvalue weighted by Crippen LogP contribution is -2.17. The maximum absolute atomic E-state index is 11.8. The molecular formula is C15H10N4O4. The van der Waals surface area contributed by atoms with Gasteiger partial charge in [0.05, 0.1) is 10.6 Å². The summed E-state index contributed by atoms with van der Waals surface area (Å²) < 4.78 is 5.06. The zero-order chi connectivity index (χ0) is 16.2. The molecule has 0 aliphatic carbocycles. The van der Waals surface area contributed by atoms with Gasteiger partial charge in [0.1, 0.15) is 0 Å². The molecule has 8 heteroatoms. The molecule has 23 heavy (non-hydrogen) atoms. The van der Waals surface area contributed by atoms with Crippen LogP contribution in [0.2, 0.25) is 0 Å². The van der Waals surface area contributed by atoms with E-state index in [1.54, 1.807) is 18.3 Å². The van der Waals surface area contributed by atoms with Crippen LogP contribution < -0.4 is 10.1 Å². The number of hydrogen-bond acceptors (Lipinski definition) is 6. The number of nitro benzene ring substituents is 1. The van der Waals surface area contributed by atoms with Crippen LogP contribution in [-0.2, 0) is 0 Å². The van der Waals surface area contributed by atoms with Gasteiger partial charge in [-0.25, -0.2) is 9.78 Å². The lowest BCUT2D eigenvalue weighted by molar-refractivity contribution is -0.384. The third kappa shape index (κ3) is 3.38. The zero-order valence-electron chi connectivity index (χ0n) is 11.7. The first-order valence-corrected chi connectivity index (χ1v) is 6.57. The molecule has 0 radical (unpaired) electrons. The average Bonchev–Trinajstić information content (AvgIpc) is 2.55. The first-order valence-electron chi connectivity index (χ1n) is 6.57. The number of carbonyl (C=O) groups excluding carboxylic acids is 1. The van der Waals surface area contributed by atoms with Gasteiger partial charge in [0.2, 0.25) is 5.88 Å². The second kappa shape index (κ2) is 6.06. The Hall–Kier alpha value is -3.55. The highest BCUT2D eigenvalue weighted by Crippen LogP contribution is 2.18. The zero-order valence-corrected chi connectivity index (χ0v) is 11.7. The third-order valence-corrected chi connectivity index (χ3v) is 2.94. The van der Waals surface area contributed by atoms with E-state index in [0.29, 0.717) is 5.65 Å². The van der Waals surface area contributed by atoms with Crippen LogP contribution in [0.4, 0.5) is 16.2 Å². The van der Waals surface area contributed by atoms with Gasteiger partial charge in [-0.1, -0.05) is 6.07 Å². The number of rotatable bonds is 3. The van der Waals surface area contributed by atoms with Gasteiger partial charge in [0.15, 0.2) is 5.65 Å². The van der Waals surface area contributed by atoms with E-state index in [9.17, 15) is 14.9 Å². The Balaban J connectivity index is 1.73. The van der Waals surface area contributed by atoms with E-state index >= 15 is 0 Å². The number of pyridine rings is 2. The van der Waals surface area contributed by atoms with Crippen molar-refractivity contribution in [3.05, 3.63) is 64.8 Å². The maximum Gasteiger partial charge on any atom is 0.418 e. The number of carbonyl (C=O) groups is 1. The largest absolute Gasteiger partial charge is 0.418 e. The summed E-state index contributed by atoms with van der Waals surface area (Å²) in [7, 11) is 0. The summed E-state index contributed by atoms with van der Waals surface area (Å²) in [5, 5.41) is 13.9. The molecule has 2 heterocycles. The van der Waals surface area contributed by atoms with E-state index in [1.807, 2.05) is 6.07 Å². The molecule has 1 aromatic carbocycles. The van der Waals surface area contributed by atoms with Crippen molar-refractivity contribution in [1.82, 2.24) is 9.97 Å². The molecule has 3 aromatic rings. The first kappa shape index (κ1) is 14.4. The summed E-state index contributed by atoms with van der Waals surface area (Å²) in [6, 6.07) is 12.4. The number of amides is 1. The number of ether oxygens (including phenoxy) is 1. The van der Waals surface area contributed by atoms with E-state index in [-0.39, 0.29) is 17.3 Å². The van der Waals surface area contributed by atoms with Gasteiger partial charge in [0, 0.05) is 29.8 Å². The van der Waals surface area contributed by atoms with Crippen molar-refractivity contribution in [3.8, 4) is 5.88 Å². The van der Waals surface area contributed by atoms with E-state index in [4.69, 9.17) is 4.74 Å². The molecule has 0 unspecified atom stereocenters. The fourth-order valence-electron chi connectivity index (χ4n) is 1.93. The standard InChI is InChI=1S/C15H10N4O4/c20-15(17-11-4-1-5-12(9-11)19(21)22)23-13-7-6-10-3-2-8-16-14(10)18-13/h1-9H,(H,17,20). The predicted octanol–water partition coefficient (Wildman–Crippen LogP) is 3.15. The minimum Gasteiger partial charge on any atom is -0.391 e. The number of nitrogens with one attached hydrogen (secondary N) is 1. The van der Waals surface area contributed by atoms with Crippen LogP contribution in [0.15, 0.2) is 54.7 Å². The smallest absolute Gasteiger partial charge is 0.391 e. The number of benzene rings is 1. The van der Waals surface area contributed by atoms with Crippen molar-refractivity contribution >= 4 is 28.5 Å². The fourth-order valence-corrected chi connectivity index (χ4v) is 1.93. The number of non-ortho nitro benzene ring substituents is 1. The second-order valence-electron chi connectivity index (χ2n) is 4.52. The van der Waals surface area contributed by atoms with E-state index in [0.717, 1.165) is 5.39 Å². The summed E-state index contributed by atoms with van der Waals surface area (Å²) in [6.07, 6.45) is 0.788. The van der Waals surface area contributed by atoms with Crippen LogP contribution in [0, 0.1) is 10.1 Å². The first-order chi connectivity index (χ1) is 11.1. The van der Waals surface area contributed by atoms with Crippen molar-refractivity contribution in [1.29, 1.82) is 0 Å². The monoisotopic (exact) mass is 310 g/mol. The number of hydrogen-bond donors (Lipinski definition) is 1. The minimum atomic E-state index is -0.798. The van der Waals surface area contributed by atoms with Gasteiger partial charge < -0.3 is 4.74 Å². The normalized spacial score (nSPS) is 10.3. The molecule has 8 nitrogen and oxygen atoms in total. The molecule has 1 amide bonds. The highest BCUT2D eigenvalue weighted by atomic mass is 16.6. The van der Waals surface area contributed by atoms with Crippen molar-refractivity contribution < 1.29 is 14.5 Å². The minimum absolute atomic E-state index is 0.0825. The highest BCUT2D eigenvalue weighted by molar-refractivity contribution is 5.86. The summed E-state index contributed by atoms with van der Waals surface area (Å²) in [6.45, 7) is 0. The van der Waals surface area contributed by atoms with E-state index in [1.165, 1.54) is 30.3 Å². The molecule has 0 bridgehead atoms. The number of aromatic nitrogens is 2. The molecule has 1 N–H and O–H groups in total. The Morgan fingerprint density at radius 1 is 1.17 bits per heavy atom. The maximum atomic E-state index is 11.8. The topological polar surface area (TPSA) is 107 Å². The van der Waals surface area contributed by atoms with Crippen LogP contribution >= 0.6 is 0 Å². The molecule has 0 atom stereocenters. The number of anilines is 1. The van der Waals surface area contributed by atoms with Crippen molar-refractivity contribution in [2.24, 2.45) is 0 Å². The van der Waals surface area contributed by atoms with Gasteiger partial charge >= 0.3 is 6.09 Å². The molecule has 0 saturated carbocycles. The van der Waals surface area contributed by atoms with Crippen molar-refractivity contribution in [2.75, 3.05) is 5.32 Å². The number of fused-ring (bicyclic) bond motifs is 1. The number of nitro groups is 1. The lowest BCUT2D eigenvalue weighted by atomic mass is 10.3. The van der Waals surface area contributed by atoms with Crippen molar-refractivity contribution in [2.45, 2.75) is 0 Å². The summed E-state index contributed by atoms with van der Waals surface area (Å²) in [4.78, 5) is 30.2. The molecule has 0 aliphatic heterocycles. The van der Waals surface area contributed by atoms with Crippen LogP contribution in [0.1, 0.15) is 0 Å². The Labute approximate surface area is 129 Å². The summed E-state index contributed by atoms with van der Waals surface area (Å²) in [5.74, 6) is 0.0825. The van der Waals surface area contributed by atoms with Gasteiger partial charge in [-0.05, 0) is 24.3 Å². The van der Waals surface area contributed by atoms with E-state index in [2.05, 4.69) is 15.3 Å². The Morgan fingerprint density at radius 2 is 2.04 bits per heavy atom. The third-order valence-electron chi connectivity index (χ3n) is 2.94. The molecule has 0 saturated heterocycles. The number of nitrogens with zero attached hydrogens (tertiary/aromatic N) is 3. The molecule has 2 aromatic heterocycles. The van der Waals surface area contributed by atoms with Crippen LogP contribution in [-0.4, -0.2) is 21.0 Å². The summed E-state index contributed by atoms with van der Waals surface area (Å²) in [5.41, 5.74) is 0.576. The van der Waals surface area contributed by atoms with Gasteiger partial charge in [-0.3, -0.25) is 15.4 Å². The molecule has 0 aliphatic rings. The molecule has 3 rings (SSSR count). The van der Waals surface area contributed by atoms with Gasteiger partial charge in [-0.15, -0.1) is 0 Å². The fraction of sp³-hybridized carbons (Fsp3) is 0. The SMILES string of the molecule is O=C(Nc1cccc([N+](=O)[O-])c1)Oc1ccc2cccnc2n1. The molecular weight excluding hydrogens is 300 g/mol.